The largest absolute Gasteiger partial charge is 0.593 e. The summed E-state index contributed by atoms with van der Waals surface area (Å²) in [6.45, 7) is 6.90. The zero-order valence-corrected chi connectivity index (χ0v) is 16.1. The van der Waals surface area contributed by atoms with Gasteiger partial charge in [-0.3, -0.25) is 0 Å². The van der Waals surface area contributed by atoms with E-state index in [-0.39, 0.29) is 11.3 Å². The van der Waals surface area contributed by atoms with Crippen LogP contribution in [0.25, 0.3) is 0 Å². The molecule has 2 aromatic carbocycles. The molecule has 0 saturated carbocycles. The Hall–Kier alpha value is -1.79. The second kappa shape index (κ2) is 6.74. The lowest BCUT2D eigenvalue weighted by Gasteiger charge is -2.37. The number of halogens is 2. The SMILES string of the molecule is C[C@H](c1cccc2c1OCC2(F)F)N(c1ccccc1)[S+]([O-])C(C)(C)C. The number of rotatable bonds is 4. The van der Waals surface area contributed by atoms with Gasteiger partial charge in [-0.25, -0.2) is 0 Å². The van der Waals surface area contributed by atoms with Crippen molar-refractivity contribution in [2.24, 2.45) is 0 Å². The maximum Gasteiger partial charge on any atom is 0.310 e. The minimum absolute atomic E-state index is 0.101. The zero-order chi connectivity index (χ0) is 19.1. The second-order valence-electron chi connectivity index (χ2n) is 7.42. The number of benzene rings is 2. The molecule has 2 atom stereocenters. The lowest BCUT2D eigenvalue weighted by molar-refractivity contribution is -0.0214. The molecular weight excluding hydrogens is 356 g/mol. The molecule has 2 aromatic rings. The quantitative estimate of drug-likeness (QED) is 0.685. The summed E-state index contributed by atoms with van der Waals surface area (Å²) in [5.41, 5.74) is 1.29. The van der Waals surface area contributed by atoms with Crippen molar-refractivity contribution >= 4 is 17.0 Å². The molecule has 0 fully saturated rings. The molecule has 1 aliphatic heterocycles. The molecular formula is C20H23F2NO2S. The van der Waals surface area contributed by atoms with Gasteiger partial charge in [-0.2, -0.15) is 13.1 Å². The lowest BCUT2D eigenvalue weighted by Crippen LogP contribution is -2.44. The Morgan fingerprint density at radius 2 is 1.77 bits per heavy atom. The fourth-order valence-electron chi connectivity index (χ4n) is 3.03. The average molecular weight is 379 g/mol. The number of para-hydroxylation sites is 2. The van der Waals surface area contributed by atoms with Gasteiger partial charge in [-0.05, 0) is 45.9 Å². The van der Waals surface area contributed by atoms with Crippen molar-refractivity contribution in [3.05, 3.63) is 59.7 Å². The standard InChI is InChI=1S/C20H23F2NO2S/c1-14(16-11-8-12-17-18(16)25-13-20(17,21)22)23(26(24)19(2,3)4)15-9-6-5-7-10-15/h5-12,14H,13H2,1-4H3/t14-,26?/m1/s1. The smallest absolute Gasteiger partial charge is 0.310 e. The molecule has 0 saturated heterocycles. The van der Waals surface area contributed by atoms with Gasteiger partial charge in [-0.1, -0.05) is 30.3 Å². The van der Waals surface area contributed by atoms with Crippen molar-refractivity contribution in [2.75, 3.05) is 10.9 Å². The molecule has 1 unspecified atom stereocenters. The number of alkyl halides is 2. The van der Waals surface area contributed by atoms with Gasteiger partial charge in [0.2, 0.25) is 0 Å². The summed E-state index contributed by atoms with van der Waals surface area (Å²) in [6.07, 6.45) is 0. The Morgan fingerprint density at radius 1 is 1.12 bits per heavy atom. The van der Waals surface area contributed by atoms with Crippen molar-refractivity contribution < 1.29 is 18.1 Å². The van der Waals surface area contributed by atoms with Gasteiger partial charge in [0.1, 0.15) is 16.5 Å². The van der Waals surface area contributed by atoms with Crippen LogP contribution < -0.4 is 9.04 Å². The fraction of sp³-hybridized carbons (Fsp3) is 0.400. The predicted molar refractivity (Wildman–Crippen MR) is 101 cm³/mol. The van der Waals surface area contributed by atoms with E-state index < -0.39 is 34.7 Å². The second-order valence-corrected chi connectivity index (χ2v) is 9.53. The third kappa shape index (κ3) is 3.40. The molecule has 0 aliphatic carbocycles. The van der Waals surface area contributed by atoms with E-state index in [2.05, 4.69) is 0 Å². The van der Waals surface area contributed by atoms with Crippen LogP contribution in [-0.2, 0) is 17.3 Å². The van der Waals surface area contributed by atoms with Crippen LogP contribution in [0.2, 0.25) is 0 Å². The number of hydrogen-bond acceptors (Lipinski definition) is 3. The third-order valence-corrected chi connectivity index (χ3v) is 6.28. The Balaban J connectivity index is 2.08. The van der Waals surface area contributed by atoms with E-state index in [1.165, 1.54) is 6.07 Å². The van der Waals surface area contributed by atoms with Gasteiger partial charge in [0.25, 0.3) is 0 Å². The summed E-state index contributed by atoms with van der Waals surface area (Å²) in [7, 11) is 0. The van der Waals surface area contributed by atoms with Crippen LogP contribution in [0.1, 0.15) is 44.9 Å². The highest BCUT2D eigenvalue weighted by Gasteiger charge is 2.45. The Kier molecular flexibility index (Phi) is 4.92. The molecule has 3 nitrogen and oxygen atoms in total. The maximum atomic E-state index is 14.1. The number of ether oxygens (including phenoxy) is 1. The van der Waals surface area contributed by atoms with Crippen LogP contribution in [0.15, 0.2) is 48.5 Å². The molecule has 0 spiro atoms. The summed E-state index contributed by atoms with van der Waals surface area (Å²) in [4.78, 5) is 0. The van der Waals surface area contributed by atoms with Gasteiger partial charge in [0, 0.05) is 5.56 Å². The summed E-state index contributed by atoms with van der Waals surface area (Å²) in [5, 5.41) is 0. The van der Waals surface area contributed by atoms with E-state index in [0.29, 0.717) is 5.56 Å². The van der Waals surface area contributed by atoms with Crippen molar-refractivity contribution in [2.45, 2.75) is 44.4 Å². The summed E-state index contributed by atoms with van der Waals surface area (Å²) >= 11 is -1.38. The van der Waals surface area contributed by atoms with Crippen LogP contribution in [0.4, 0.5) is 14.5 Å². The molecule has 0 radical (unpaired) electrons. The fourth-order valence-corrected chi connectivity index (χ4v) is 4.34. The Labute approximate surface area is 156 Å². The first-order chi connectivity index (χ1) is 12.1. The molecule has 3 rings (SSSR count). The monoisotopic (exact) mass is 379 g/mol. The van der Waals surface area contributed by atoms with Crippen LogP contribution in [0.5, 0.6) is 5.75 Å². The topological polar surface area (TPSA) is 35.5 Å². The van der Waals surface area contributed by atoms with Crippen LogP contribution >= 0.6 is 0 Å². The van der Waals surface area contributed by atoms with Crippen molar-refractivity contribution in [1.82, 2.24) is 0 Å². The molecule has 0 N–H and O–H groups in total. The van der Waals surface area contributed by atoms with Gasteiger partial charge in [0.15, 0.2) is 6.61 Å². The molecule has 0 bridgehead atoms. The molecule has 1 aliphatic rings. The minimum Gasteiger partial charge on any atom is -0.593 e. The summed E-state index contributed by atoms with van der Waals surface area (Å²) in [5.74, 6) is -2.79. The molecule has 0 amide bonds. The third-order valence-electron chi connectivity index (χ3n) is 4.35. The van der Waals surface area contributed by atoms with E-state index in [1.54, 1.807) is 16.4 Å². The average Bonchev–Trinajstić information content (AvgIpc) is 2.90. The highest BCUT2D eigenvalue weighted by Crippen LogP contribution is 2.47. The van der Waals surface area contributed by atoms with Crippen molar-refractivity contribution in [1.29, 1.82) is 0 Å². The van der Waals surface area contributed by atoms with E-state index in [9.17, 15) is 13.3 Å². The number of fused-ring (bicyclic) bond motifs is 1. The first-order valence-electron chi connectivity index (χ1n) is 8.53. The minimum atomic E-state index is -2.99. The highest BCUT2D eigenvalue weighted by molar-refractivity contribution is 7.94. The molecule has 1 heterocycles. The molecule has 0 aromatic heterocycles. The van der Waals surface area contributed by atoms with Crippen LogP contribution in [-0.4, -0.2) is 15.9 Å². The normalized spacial score (nSPS) is 18.0. The van der Waals surface area contributed by atoms with E-state index in [4.69, 9.17) is 4.74 Å². The highest BCUT2D eigenvalue weighted by atomic mass is 32.2. The number of anilines is 1. The number of hydrogen-bond donors (Lipinski definition) is 0. The Morgan fingerprint density at radius 3 is 2.38 bits per heavy atom. The summed E-state index contributed by atoms with van der Waals surface area (Å²) < 4.78 is 48.0. The van der Waals surface area contributed by atoms with E-state index in [1.807, 2.05) is 58.0 Å². The predicted octanol–water partition coefficient (Wildman–Crippen LogP) is 5.20. The van der Waals surface area contributed by atoms with Gasteiger partial charge in [0.05, 0.1) is 22.6 Å². The van der Waals surface area contributed by atoms with E-state index in [0.717, 1.165) is 5.69 Å². The molecule has 6 heteroatoms. The van der Waals surface area contributed by atoms with Crippen molar-refractivity contribution in [3.8, 4) is 5.75 Å². The van der Waals surface area contributed by atoms with Gasteiger partial charge >= 0.3 is 5.92 Å². The van der Waals surface area contributed by atoms with Crippen molar-refractivity contribution in [3.63, 3.8) is 0 Å². The van der Waals surface area contributed by atoms with Crippen LogP contribution in [0, 0.1) is 0 Å². The van der Waals surface area contributed by atoms with Gasteiger partial charge < -0.3 is 9.29 Å². The first kappa shape index (κ1) is 19.0. The molecule has 140 valence electrons. The maximum absolute atomic E-state index is 14.1. The summed E-state index contributed by atoms with van der Waals surface area (Å²) in [6, 6.07) is 13.7. The van der Waals surface area contributed by atoms with Gasteiger partial charge in [-0.15, -0.1) is 0 Å². The number of nitrogens with zero attached hydrogens (tertiary/aromatic N) is 1. The van der Waals surface area contributed by atoms with E-state index >= 15 is 0 Å². The lowest BCUT2D eigenvalue weighted by atomic mass is 10.0. The van der Waals surface area contributed by atoms with Crippen LogP contribution in [0.3, 0.4) is 0 Å². The first-order valence-corrected chi connectivity index (χ1v) is 9.64. The Bertz CT molecular complexity index is 777. The zero-order valence-electron chi connectivity index (χ0n) is 15.3. The molecule has 26 heavy (non-hydrogen) atoms.